The number of hydrogen-bond acceptors (Lipinski definition) is 6. The Morgan fingerprint density at radius 3 is 3.00 bits per heavy atom. The van der Waals surface area contributed by atoms with Gasteiger partial charge in [-0.2, -0.15) is 4.98 Å². The summed E-state index contributed by atoms with van der Waals surface area (Å²) in [5, 5.41) is 20.5. The van der Waals surface area contributed by atoms with Crippen LogP contribution in [0.25, 0.3) is 11.4 Å². The van der Waals surface area contributed by atoms with Crippen LogP contribution in [0.2, 0.25) is 5.02 Å². The molecule has 1 aromatic heterocycles. The first-order valence-corrected chi connectivity index (χ1v) is 9.81. The third-order valence-electron chi connectivity index (χ3n) is 4.73. The number of ether oxygens (including phenoxy) is 1. The Morgan fingerprint density at radius 1 is 1.39 bits per heavy atom. The molecule has 9 heteroatoms. The van der Waals surface area contributed by atoms with E-state index in [1.54, 1.807) is 12.1 Å². The van der Waals surface area contributed by atoms with E-state index in [1.807, 2.05) is 19.1 Å². The molecule has 2 aromatic rings. The Hall–Kier alpha value is -2.16. The van der Waals surface area contributed by atoms with Crippen LogP contribution in [0.4, 0.5) is 0 Å². The molecule has 3 N–H and O–H groups in total. The van der Waals surface area contributed by atoms with E-state index in [-0.39, 0.29) is 18.6 Å². The molecule has 0 spiro atoms. The smallest absolute Gasteiger partial charge is 0.248 e. The number of guanidine groups is 1. The van der Waals surface area contributed by atoms with E-state index in [1.165, 1.54) is 0 Å². The Labute approximate surface area is 169 Å². The van der Waals surface area contributed by atoms with Crippen molar-refractivity contribution in [2.24, 2.45) is 10.4 Å². The number of nitrogens with zero attached hydrogens (tertiary/aromatic N) is 3. The van der Waals surface area contributed by atoms with Crippen LogP contribution in [0.1, 0.15) is 25.7 Å². The first kappa shape index (κ1) is 20.6. The first-order chi connectivity index (χ1) is 13.6. The number of nitrogens with one attached hydrogen (secondary N) is 2. The molecule has 2 heterocycles. The summed E-state index contributed by atoms with van der Waals surface area (Å²) in [7, 11) is 0. The highest BCUT2D eigenvalue weighted by molar-refractivity contribution is 6.30. The lowest BCUT2D eigenvalue weighted by Crippen LogP contribution is -2.44. The fraction of sp³-hybridized carbons (Fsp3) is 0.526. The molecule has 1 aliphatic rings. The van der Waals surface area contributed by atoms with Crippen LogP contribution in [0.15, 0.2) is 33.8 Å². The van der Waals surface area contributed by atoms with Crippen molar-refractivity contribution in [3.05, 3.63) is 35.2 Å². The number of benzene rings is 1. The average molecular weight is 408 g/mol. The zero-order valence-corrected chi connectivity index (χ0v) is 16.7. The van der Waals surface area contributed by atoms with Gasteiger partial charge < -0.3 is 25.0 Å². The third kappa shape index (κ3) is 5.43. The monoisotopic (exact) mass is 407 g/mol. The van der Waals surface area contributed by atoms with Gasteiger partial charge in [-0.15, -0.1) is 0 Å². The van der Waals surface area contributed by atoms with Gasteiger partial charge in [0.15, 0.2) is 5.96 Å². The fourth-order valence-corrected chi connectivity index (χ4v) is 3.33. The predicted molar refractivity (Wildman–Crippen MR) is 107 cm³/mol. The predicted octanol–water partition coefficient (Wildman–Crippen LogP) is 2.23. The minimum Gasteiger partial charge on any atom is -0.396 e. The molecular weight excluding hydrogens is 382 g/mol. The van der Waals surface area contributed by atoms with Gasteiger partial charge in [0.25, 0.3) is 0 Å². The second kappa shape index (κ2) is 9.86. The van der Waals surface area contributed by atoms with Crippen molar-refractivity contribution in [3.63, 3.8) is 0 Å². The highest BCUT2D eigenvalue weighted by Crippen LogP contribution is 2.31. The minimum absolute atomic E-state index is 0.0603. The zero-order valence-electron chi connectivity index (χ0n) is 15.9. The van der Waals surface area contributed by atoms with Crippen LogP contribution in [0.3, 0.4) is 0 Å². The Kier molecular flexibility index (Phi) is 7.24. The number of aliphatic hydroxyl groups is 1. The summed E-state index contributed by atoms with van der Waals surface area (Å²) >= 11 is 6.01. The lowest BCUT2D eigenvalue weighted by atomic mass is 9.84. The fourth-order valence-electron chi connectivity index (χ4n) is 3.14. The van der Waals surface area contributed by atoms with Gasteiger partial charge in [-0.05, 0) is 31.9 Å². The lowest BCUT2D eigenvalue weighted by molar-refractivity contribution is 0.127. The minimum atomic E-state index is -0.0603. The molecule has 0 aliphatic carbocycles. The van der Waals surface area contributed by atoms with Gasteiger partial charge in [-0.25, -0.2) is 4.99 Å². The molecule has 0 saturated carbocycles. The maximum atomic E-state index is 9.36. The third-order valence-corrected chi connectivity index (χ3v) is 4.96. The normalized spacial score (nSPS) is 19.8. The van der Waals surface area contributed by atoms with Crippen molar-refractivity contribution in [3.8, 4) is 11.4 Å². The Bertz CT molecular complexity index is 789. The second-order valence-electron chi connectivity index (χ2n) is 6.85. The van der Waals surface area contributed by atoms with E-state index >= 15 is 0 Å². The van der Waals surface area contributed by atoms with E-state index in [0.717, 1.165) is 25.1 Å². The summed E-state index contributed by atoms with van der Waals surface area (Å²) < 4.78 is 10.8. The molecule has 28 heavy (non-hydrogen) atoms. The number of hydrogen-bond donors (Lipinski definition) is 3. The molecule has 0 bridgehead atoms. The Morgan fingerprint density at radius 2 is 2.29 bits per heavy atom. The highest BCUT2D eigenvalue weighted by Gasteiger charge is 2.34. The maximum absolute atomic E-state index is 9.36. The second-order valence-corrected chi connectivity index (χ2v) is 7.28. The number of rotatable bonds is 8. The molecule has 1 unspecified atom stereocenters. The summed E-state index contributed by atoms with van der Waals surface area (Å²) in [4.78, 5) is 8.91. The van der Waals surface area contributed by atoms with E-state index in [9.17, 15) is 5.11 Å². The van der Waals surface area contributed by atoms with Crippen molar-refractivity contribution in [1.29, 1.82) is 0 Å². The number of aliphatic hydroxyl groups excluding tert-OH is 1. The first-order valence-electron chi connectivity index (χ1n) is 9.43. The van der Waals surface area contributed by atoms with E-state index in [0.29, 0.717) is 42.3 Å². The molecular formula is C19H26ClN5O3. The Balaban J connectivity index is 1.63. The van der Waals surface area contributed by atoms with Crippen LogP contribution in [0.5, 0.6) is 0 Å². The van der Waals surface area contributed by atoms with Gasteiger partial charge in [0.1, 0.15) is 6.54 Å². The van der Waals surface area contributed by atoms with Gasteiger partial charge in [0.2, 0.25) is 11.7 Å². The maximum Gasteiger partial charge on any atom is 0.248 e. The van der Waals surface area contributed by atoms with Gasteiger partial charge in [-0.3, -0.25) is 0 Å². The largest absolute Gasteiger partial charge is 0.396 e. The SMILES string of the molecule is CCNC(=NCc1nc(-c2cccc(Cl)c2)no1)NCC1(CCO)CCOC1. The van der Waals surface area contributed by atoms with E-state index in [4.69, 9.17) is 20.9 Å². The zero-order chi connectivity index (χ0) is 19.8. The van der Waals surface area contributed by atoms with Crippen molar-refractivity contribution in [2.75, 3.05) is 32.9 Å². The van der Waals surface area contributed by atoms with Crippen LogP contribution in [-0.2, 0) is 11.3 Å². The summed E-state index contributed by atoms with van der Waals surface area (Å²) in [5.74, 6) is 1.56. The van der Waals surface area contributed by atoms with Gasteiger partial charge in [-0.1, -0.05) is 28.9 Å². The number of aromatic nitrogens is 2. The van der Waals surface area contributed by atoms with Crippen LogP contribution >= 0.6 is 11.6 Å². The molecule has 3 rings (SSSR count). The molecule has 152 valence electrons. The van der Waals surface area contributed by atoms with E-state index in [2.05, 4.69) is 25.8 Å². The van der Waals surface area contributed by atoms with Gasteiger partial charge in [0, 0.05) is 42.3 Å². The van der Waals surface area contributed by atoms with Crippen molar-refractivity contribution >= 4 is 17.6 Å². The lowest BCUT2D eigenvalue weighted by Gasteiger charge is -2.27. The quantitative estimate of drug-likeness (QED) is 0.455. The molecule has 1 saturated heterocycles. The molecule has 8 nitrogen and oxygen atoms in total. The van der Waals surface area contributed by atoms with Crippen molar-refractivity contribution < 1.29 is 14.4 Å². The van der Waals surface area contributed by atoms with Crippen LogP contribution < -0.4 is 10.6 Å². The summed E-state index contributed by atoms with van der Waals surface area (Å²) in [5.41, 5.74) is 0.735. The van der Waals surface area contributed by atoms with Gasteiger partial charge in [0.05, 0.1) is 6.61 Å². The summed E-state index contributed by atoms with van der Waals surface area (Å²) in [6.07, 6.45) is 1.62. The van der Waals surface area contributed by atoms with Gasteiger partial charge >= 0.3 is 0 Å². The standard InChI is InChI=1S/C19H26ClN5O3/c1-2-21-18(23-12-19(6-8-26)7-9-27-13-19)22-11-16-24-17(25-28-16)14-4-3-5-15(20)10-14/h3-5,10,26H,2,6-9,11-13H2,1H3,(H2,21,22,23). The molecule has 0 radical (unpaired) electrons. The number of aliphatic imine (C=N–C) groups is 1. The molecule has 1 fully saturated rings. The molecule has 1 aliphatic heterocycles. The highest BCUT2D eigenvalue weighted by atomic mass is 35.5. The number of halogens is 1. The molecule has 0 amide bonds. The average Bonchev–Trinajstić information content (AvgIpc) is 3.35. The topological polar surface area (TPSA) is 105 Å². The van der Waals surface area contributed by atoms with Crippen molar-refractivity contribution in [2.45, 2.75) is 26.3 Å². The van der Waals surface area contributed by atoms with Crippen LogP contribution in [0, 0.1) is 5.41 Å². The van der Waals surface area contributed by atoms with Crippen LogP contribution in [-0.4, -0.2) is 54.1 Å². The summed E-state index contributed by atoms with van der Waals surface area (Å²) in [6.45, 7) is 5.18. The van der Waals surface area contributed by atoms with E-state index < -0.39 is 0 Å². The molecule has 1 atom stereocenters. The summed E-state index contributed by atoms with van der Waals surface area (Å²) in [6, 6.07) is 7.30. The molecule has 1 aromatic carbocycles. The van der Waals surface area contributed by atoms with Crippen molar-refractivity contribution in [1.82, 2.24) is 20.8 Å².